The molecule has 0 saturated heterocycles. The molecular weight excluding hydrogens is 474 g/mol. The number of hydrogen-bond donors (Lipinski definition) is 0. The summed E-state index contributed by atoms with van der Waals surface area (Å²) in [6.07, 6.45) is 8.20. The van der Waals surface area contributed by atoms with Crippen LogP contribution in [0.5, 0.6) is 0 Å². The Morgan fingerprint density at radius 3 is 1.95 bits per heavy atom. The monoisotopic (exact) mass is 521 g/mol. The fourth-order valence-electron chi connectivity index (χ4n) is 4.69. The van der Waals surface area contributed by atoms with Crippen molar-refractivity contribution in [2.45, 2.75) is 110 Å². The van der Waals surface area contributed by atoms with Crippen LogP contribution in [0.3, 0.4) is 0 Å². The van der Waals surface area contributed by atoms with Crippen molar-refractivity contribution in [3.05, 3.63) is 83.9 Å². The molecule has 2 rings (SSSR count). The molecule has 2 aromatic carbocycles. The number of ether oxygens (including phenoxy) is 2. The Hall–Kier alpha value is -2.92. The van der Waals surface area contributed by atoms with Crippen molar-refractivity contribution in [2.24, 2.45) is 0 Å². The quantitative estimate of drug-likeness (QED) is 0.157. The van der Waals surface area contributed by atoms with Gasteiger partial charge >= 0.3 is 11.9 Å². The first-order valence-corrected chi connectivity index (χ1v) is 14.3. The molecule has 208 valence electrons. The Balaban J connectivity index is 2.26. The van der Waals surface area contributed by atoms with E-state index in [9.17, 15) is 9.59 Å². The van der Waals surface area contributed by atoms with E-state index in [1.165, 1.54) is 17.2 Å². The number of rotatable bonds is 17. The molecule has 0 N–H and O–H groups in total. The zero-order valence-electron chi connectivity index (χ0n) is 24.0. The Morgan fingerprint density at radius 2 is 1.37 bits per heavy atom. The second-order valence-corrected chi connectivity index (χ2v) is 9.89. The molecule has 0 aliphatic rings. The van der Waals surface area contributed by atoms with Crippen molar-refractivity contribution in [1.29, 1.82) is 0 Å². The Labute approximate surface area is 230 Å². The summed E-state index contributed by atoms with van der Waals surface area (Å²) in [7, 11) is 0. The molecule has 0 amide bonds. The van der Waals surface area contributed by atoms with Gasteiger partial charge in [0.2, 0.25) is 0 Å². The van der Waals surface area contributed by atoms with Crippen molar-refractivity contribution in [3.8, 4) is 0 Å². The van der Waals surface area contributed by atoms with Gasteiger partial charge in [0.15, 0.2) is 0 Å². The lowest BCUT2D eigenvalue weighted by atomic mass is 9.98. The van der Waals surface area contributed by atoms with Crippen LogP contribution in [0, 0.1) is 0 Å². The van der Waals surface area contributed by atoms with Crippen LogP contribution < -0.4 is 0 Å². The van der Waals surface area contributed by atoms with Gasteiger partial charge in [-0.25, -0.2) is 4.79 Å². The van der Waals surface area contributed by atoms with Gasteiger partial charge in [0.1, 0.15) is 12.2 Å². The summed E-state index contributed by atoms with van der Waals surface area (Å²) in [6.45, 7) is 11.0. The number of carbonyl (C=O) groups excluding carboxylic acids is 2. The van der Waals surface area contributed by atoms with Crippen LogP contribution in [0.1, 0.15) is 96.7 Å². The van der Waals surface area contributed by atoms with Crippen LogP contribution in [0.4, 0.5) is 0 Å². The standard InChI is InChI=1S/C33H47NO4/c1-6-30(7-2)37-32(35)23-17-16-22-29(24-33(36)38-31(8-3)9-4)34(25-27-18-12-10-13-19-27)26(5)28-20-14-11-15-21-28/h10-15,17-21,23,26,29-31H,6-9,16,22,24-25H2,1-5H3/b23-17+/t26-,29-/m1/s1. The van der Waals surface area contributed by atoms with E-state index in [1.54, 1.807) is 0 Å². The minimum absolute atomic E-state index is 0.0483. The zero-order chi connectivity index (χ0) is 27.8. The molecule has 5 nitrogen and oxygen atoms in total. The van der Waals surface area contributed by atoms with Gasteiger partial charge in [-0.1, -0.05) is 94.4 Å². The molecule has 0 bridgehead atoms. The maximum Gasteiger partial charge on any atom is 0.330 e. The van der Waals surface area contributed by atoms with Crippen molar-refractivity contribution >= 4 is 11.9 Å². The normalized spacial score (nSPS) is 13.3. The van der Waals surface area contributed by atoms with Crippen molar-refractivity contribution in [2.75, 3.05) is 0 Å². The first-order chi connectivity index (χ1) is 18.4. The zero-order valence-corrected chi connectivity index (χ0v) is 24.0. The Bertz CT molecular complexity index is 951. The summed E-state index contributed by atoms with van der Waals surface area (Å²) in [5.41, 5.74) is 2.39. The lowest BCUT2D eigenvalue weighted by Gasteiger charge is -2.37. The molecule has 0 heterocycles. The highest BCUT2D eigenvalue weighted by Crippen LogP contribution is 2.29. The Kier molecular flexibility index (Phi) is 14.5. The molecule has 0 radical (unpaired) electrons. The number of allylic oxidation sites excluding steroid dienone is 1. The average molecular weight is 522 g/mol. The molecule has 0 spiro atoms. The maximum atomic E-state index is 13.1. The van der Waals surface area contributed by atoms with Gasteiger partial charge < -0.3 is 9.47 Å². The molecule has 0 saturated carbocycles. The summed E-state index contributed by atoms with van der Waals surface area (Å²) in [6, 6.07) is 20.8. The minimum atomic E-state index is -0.304. The Morgan fingerprint density at radius 1 is 0.816 bits per heavy atom. The minimum Gasteiger partial charge on any atom is -0.462 e. The summed E-state index contributed by atoms with van der Waals surface area (Å²) >= 11 is 0. The van der Waals surface area contributed by atoms with E-state index in [-0.39, 0.29) is 36.2 Å². The third kappa shape index (κ3) is 10.8. The van der Waals surface area contributed by atoms with E-state index in [4.69, 9.17) is 9.47 Å². The van der Waals surface area contributed by atoms with Crippen LogP contribution in [-0.4, -0.2) is 35.1 Å². The topological polar surface area (TPSA) is 55.8 Å². The number of hydrogen-bond acceptors (Lipinski definition) is 5. The molecule has 2 aromatic rings. The summed E-state index contributed by atoms with van der Waals surface area (Å²) in [5.74, 6) is -0.471. The summed E-state index contributed by atoms with van der Waals surface area (Å²) < 4.78 is 11.3. The van der Waals surface area contributed by atoms with Crippen molar-refractivity contribution < 1.29 is 19.1 Å². The average Bonchev–Trinajstić information content (AvgIpc) is 2.95. The highest BCUT2D eigenvalue weighted by molar-refractivity contribution is 5.82. The van der Waals surface area contributed by atoms with E-state index in [1.807, 2.05) is 58.0 Å². The molecule has 0 unspecified atom stereocenters. The van der Waals surface area contributed by atoms with Crippen LogP contribution in [0.15, 0.2) is 72.8 Å². The largest absolute Gasteiger partial charge is 0.462 e. The fourth-order valence-corrected chi connectivity index (χ4v) is 4.69. The number of carbonyl (C=O) groups is 2. The predicted molar refractivity (Wildman–Crippen MR) is 155 cm³/mol. The number of esters is 2. The van der Waals surface area contributed by atoms with Gasteiger partial charge in [-0.15, -0.1) is 0 Å². The highest BCUT2D eigenvalue weighted by atomic mass is 16.5. The predicted octanol–water partition coefficient (Wildman–Crippen LogP) is 7.81. The van der Waals surface area contributed by atoms with Gasteiger partial charge in [-0.05, 0) is 56.6 Å². The SMILES string of the molecule is CCC(CC)OC(=O)/C=C/CC[C@H](CC(=O)OC(CC)CC)N(Cc1ccccc1)[C@H](C)c1ccccc1. The van der Waals surface area contributed by atoms with Crippen LogP contribution in [0.2, 0.25) is 0 Å². The number of nitrogens with zero attached hydrogens (tertiary/aromatic N) is 1. The van der Waals surface area contributed by atoms with E-state index in [2.05, 4.69) is 48.2 Å². The third-order valence-electron chi connectivity index (χ3n) is 7.18. The van der Waals surface area contributed by atoms with Crippen LogP contribution in [0.25, 0.3) is 0 Å². The van der Waals surface area contributed by atoms with Gasteiger partial charge in [0.25, 0.3) is 0 Å². The summed E-state index contributed by atoms with van der Waals surface area (Å²) in [5, 5.41) is 0. The van der Waals surface area contributed by atoms with Crippen molar-refractivity contribution in [3.63, 3.8) is 0 Å². The second kappa shape index (κ2) is 17.6. The molecule has 2 atom stereocenters. The maximum absolute atomic E-state index is 13.1. The lowest BCUT2D eigenvalue weighted by Crippen LogP contribution is -2.39. The molecular formula is C33H47NO4. The van der Waals surface area contributed by atoms with Crippen LogP contribution >= 0.6 is 0 Å². The lowest BCUT2D eigenvalue weighted by molar-refractivity contribution is -0.151. The smallest absolute Gasteiger partial charge is 0.330 e. The molecule has 0 aliphatic carbocycles. The first-order valence-electron chi connectivity index (χ1n) is 14.3. The molecule has 0 fully saturated rings. The third-order valence-corrected chi connectivity index (χ3v) is 7.18. The van der Waals surface area contributed by atoms with E-state index < -0.39 is 0 Å². The fraction of sp³-hybridized carbons (Fsp3) is 0.515. The first kappa shape index (κ1) is 31.3. The van der Waals surface area contributed by atoms with E-state index in [0.717, 1.165) is 32.1 Å². The highest BCUT2D eigenvalue weighted by Gasteiger charge is 2.28. The molecule has 0 aliphatic heterocycles. The molecule has 5 heteroatoms. The van der Waals surface area contributed by atoms with Crippen LogP contribution in [-0.2, 0) is 25.6 Å². The van der Waals surface area contributed by atoms with Gasteiger partial charge in [0.05, 0.1) is 6.42 Å². The van der Waals surface area contributed by atoms with E-state index in [0.29, 0.717) is 19.4 Å². The van der Waals surface area contributed by atoms with E-state index >= 15 is 0 Å². The molecule has 38 heavy (non-hydrogen) atoms. The molecule has 0 aromatic heterocycles. The second-order valence-electron chi connectivity index (χ2n) is 9.89. The van der Waals surface area contributed by atoms with Gasteiger partial charge in [0, 0.05) is 24.7 Å². The van der Waals surface area contributed by atoms with Gasteiger partial charge in [-0.2, -0.15) is 0 Å². The van der Waals surface area contributed by atoms with Gasteiger partial charge in [-0.3, -0.25) is 9.69 Å². The van der Waals surface area contributed by atoms with Crippen molar-refractivity contribution in [1.82, 2.24) is 4.90 Å². The number of benzene rings is 2. The summed E-state index contributed by atoms with van der Waals surface area (Å²) in [4.78, 5) is 27.7.